The number of nitrogens with one attached hydrogen (secondary N) is 1. The fourth-order valence-electron chi connectivity index (χ4n) is 2.38. The predicted molar refractivity (Wildman–Crippen MR) is 92.6 cm³/mol. The largest absolute Gasteiger partial charge is 0.497 e. The summed E-state index contributed by atoms with van der Waals surface area (Å²) in [5, 5.41) is 2.87. The Morgan fingerprint density at radius 3 is 2.57 bits per heavy atom. The first-order valence-corrected chi connectivity index (χ1v) is 8.45. The highest BCUT2D eigenvalue weighted by molar-refractivity contribution is 7.38. The lowest BCUT2D eigenvalue weighted by Gasteiger charge is -2.18. The van der Waals surface area contributed by atoms with Gasteiger partial charge in [-0.1, -0.05) is 24.3 Å². The minimum atomic E-state index is -0.0154. The van der Waals surface area contributed by atoms with Crippen molar-refractivity contribution in [3.63, 3.8) is 0 Å². The molecule has 1 aliphatic heterocycles. The molecule has 2 aromatic carbocycles. The molecular formula is C18H18NO3P. The lowest BCUT2D eigenvalue weighted by atomic mass is 10.1. The van der Waals surface area contributed by atoms with Crippen LogP contribution in [-0.4, -0.2) is 18.7 Å². The Morgan fingerprint density at radius 2 is 1.87 bits per heavy atom. The highest BCUT2D eigenvalue weighted by Gasteiger charge is 2.14. The molecule has 0 fully saturated rings. The van der Waals surface area contributed by atoms with Crippen molar-refractivity contribution < 1.29 is 14.3 Å². The van der Waals surface area contributed by atoms with E-state index in [0.29, 0.717) is 14.4 Å². The number of allylic oxidation sites excluding steroid dienone is 1. The molecule has 0 spiro atoms. The average Bonchev–Trinajstić information content (AvgIpc) is 2.57. The van der Waals surface area contributed by atoms with Crippen molar-refractivity contribution in [1.82, 2.24) is 5.09 Å². The Bertz CT molecular complexity index is 715. The third kappa shape index (κ3) is 4.33. The van der Waals surface area contributed by atoms with Gasteiger partial charge in [-0.3, -0.25) is 4.79 Å². The van der Waals surface area contributed by atoms with Crippen molar-refractivity contribution in [2.45, 2.75) is 12.1 Å². The number of ether oxygens (including phenoxy) is 2. The maximum atomic E-state index is 11.2. The van der Waals surface area contributed by atoms with E-state index in [1.54, 1.807) is 13.2 Å². The summed E-state index contributed by atoms with van der Waals surface area (Å²) in [5.74, 6) is 2.29. The zero-order valence-electron chi connectivity index (χ0n) is 12.8. The van der Waals surface area contributed by atoms with Gasteiger partial charge in [-0.25, -0.2) is 0 Å². The van der Waals surface area contributed by atoms with Crippen molar-refractivity contribution >= 4 is 14.6 Å². The number of hydrogen-bond donors (Lipinski definition) is 1. The third-order valence-electron chi connectivity index (χ3n) is 3.47. The molecule has 2 atom stereocenters. The highest BCUT2D eigenvalue weighted by atomic mass is 31.1. The van der Waals surface area contributed by atoms with Crippen LogP contribution < -0.4 is 14.6 Å². The van der Waals surface area contributed by atoms with Crippen LogP contribution in [0.1, 0.15) is 5.56 Å². The molecular weight excluding hydrogens is 309 g/mol. The van der Waals surface area contributed by atoms with E-state index in [0.717, 1.165) is 29.2 Å². The van der Waals surface area contributed by atoms with Gasteiger partial charge in [-0.05, 0) is 51.1 Å². The monoisotopic (exact) mass is 327 g/mol. The van der Waals surface area contributed by atoms with Crippen molar-refractivity contribution in [1.29, 1.82) is 0 Å². The van der Waals surface area contributed by atoms with E-state index in [9.17, 15) is 4.79 Å². The number of carbonyl (C=O) groups is 1. The van der Waals surface area contributed by atoms with Crippen LogP contribution in [0.2, 0.25) is 0 Å². The standard InChI is InChI=1S/C18H18NO3P/c1-21-15-9-13(11-17-7-8-18(20)19-23-17)10-16(12-15)22-14-5-3-2-4-6-14/h2-10,12,17,23H,11H2,1H3,(H,19,20). The number of methoxy groups -OCH3 is 1. The molecule has 0 aromatic heterocycles. The summed E-state index contributed by atoms with van der Waals surface area (Å²) in [4.78, 5) is 11.2. The fourth-order valence-corrected chi connectivity index (χ4v) is 3.32. The maximum absolute atomic E-state index is 11.2. The molecule has 0 saturated carbocycles. The Morgan fingerprint density at radius 1 is 1.09 bits per heavy atom. The lowest BCUT2D eigenvalue weighted by Crippen LogP contribution is -2.21. The molecule has 23 heavy (non-hydrogen) atoms. The number of para-hydroxylation sites is 1. The first-order chi connectivity index (χ1) is 11.2. The molecule has 3 rings (SSSR count). The van der Waals surface area contributed by atoms with Gasteiger partial charge >= 0.3 is 0 Å². The Labute approximate surface area is 137 Å². The zero-order chi connectivity index (χ0) is 16.1. The summed E-state index contributed by atoms with van der Waals surface area (Å²) < 4.78 is 11.3. The van der Waals surface area contributed by atoms with Gasteiger partial charge in [0.1, 0.15) is 17.2 Å². The lowest BCUT2D eigenvalue weighted by molar-refractivity contribution is -0.114. The van der Waals surface area contributed by atoms with Gasteiger partial charge in [0.05, 0.1) is 7.11 Å². The summed E-state index contributed by atoms with van der Waals surface area (Å²) >= 11 is 0. The minimum Gasteiger partial charge on any atom is -0.497 e. The summed E-state index contributed by atoms with van der Waals surface area (Å²) in [7, 11) is 2.05. The van der Waals surface area contributed by atoms with Gasteiger partial charge < -0.3 is 14.6 Å². The van der Waals surface area contributed by atoms with Crippen LogP contribution >= 0.6 is 8.73 Å². The number of carbonyl (C=O) groups excluding carboxylic acids is 1. The van der Waals surface area contributed by atoms with Gasteiger partial charge in [0, 0.05) is 11.7 Å². The van der Waals surface area contributed by atoms with Crippen molar-refractivity contribution in [3.05, 3.63) is 66.2 Å². The van der Waals surface area contributed by atoms with Crippen molar-refractivity contribution in [2.24, 2.45) is 0 Å². The number of rotatable bonds is 5. The normalized spacial score (nSPS) is 17.8. The smallest absolute Gasteiger partial charge is 0.246 e. The van der Waals surface area contributed by atoms with E-state index in [4.69, 9.17) is 9.47 Å². The second-order valence-electron chi connectivity index (χ2n) is 5.24. The number of hydrogen-bond acceptors (Lipinski definition) is 3. The van der Waals surface area contributed by atoms with E-state index in [1.165, 1.54) is 0 Å². The maximum Gasteiger partial charge on any atom is 0.246 e. The average molecular weight is 327 g/mol. The predicted octanol–water partition coefficient (Wildman–Crippen LogP) is 3.68. The molecule has 2 unspecified atom stereocenters. The topological polar surface area (TPSA) is 47.6 Å². The zero-order valence-corrected chi connectivity index (χ0v) is 13.8. The SMILES string of the molecule is COc1cc(CC2C=CC(=O)NP2)cc(Oc2ccccc2)c1. The van der Waals surface area contributed by atoms with Crippen LogP contribution in [0.15, 0.2) is 60.7 Å². The Balaban J connectivity index is 1.78. The second kappa shape index (κ2) is 7.30. The van der Waals surface area contributed by atoms with Gasteiger partial charge in [0.2, 0.25) is 5.91 Å². The third-order valence-corrected chi connectivity index (χ3v) is 4.63. The molecule has 1 heterocycles. The van der Waals surface area contributed by atoms with E-state index in [-0.39, 0.29) is 5.91 Å². The van der Waals surface area contributed by atoms with Gasteiger partial charge in [0.15, 0.2) is 0 Å². The van der Waals surface area contributed by atoms with Crippen molar-refractivity contribution in [2.75, 3.05) is 7.11 Å². The van der Waals surface area contributed by atoms with E-state index in [2.05, 4.69) is 5.09 Å². The van der Waals surface area contributed by atoms with Crippen LogP contribution in [0.3, 0.4) is 0 Å². The van der Waals surface area contributed by atoms with Crippen LogP contribution in [0.5, 0.6) is 17.2 Å². The van der Waals surface area contributed by atoms with E-state index in [1.807, 2.05) is 54.6 Å². The quantitative estimate of drug-likeness (QED) is 0.852. The van der Waals surface area contributed by atoms with E-state index < -0.39 is 0 Å². The summed E-state index contributed by atoms with van der Waals surface area (Å²) in [6.07, 6.45) is 4.40. The van der Waals surface area contributed by atoms with Gasteiger partial charge in [0.25, 0.3) is 0 Å². The van der Waals surface area contributed by atoms with Crippen LogP contribution in [0.4, 0.5) is 0 Å². The second-order valence-corrected chi connectivity index (χ2v) is 6.52. The molecule has 0 saturated heterocycles. The molecule has 0 radical (unpaired) electrons. The highest BCUT2D eigenvalue weighted by Crippen LogP contribution is 2.30. The first-order valence-electron chi connectivity index (χ1n) is 7.37. The van der Waals surface area contributed by atoms with Crippen LogP contribution in [0, 0.1) is 0 Å². The summed E-state index contributed by atoms with van der Waals surface area (Å²) in [5.41, 5.74) is 1.43. The van der Waals surface area contributed by atoms with Crippen LogP contribution in [0.25, 0.3) is 0 Å². The van der Waals surface area contributed by atoms with Gasteiger partial charge in [-0.15, -0.1) is 0 Å². The molecule has 4 nitrogen and oxygen atoms in total. The number of benzene rings is 2. The Hall–Kier alpha value is -2.32. The summed E-state index contributed by atoms with van der Waals surface area (Å²) in [6, 6.07) is 15.6. The molecule has 5 heteroatoms. The van der Waals surface area contributed by atoms with Crippen molar-refractivity contribution in [3.8, 4) is 17.2 Å². The summed E-state index contributed by atoms with van der Waals surface area (Å²) in [6.45, 7) is 0. The molecule has 2 aromatic rings. The fraction of sp³-hybridized carbons (Fsp3) is 0.167. The van der Waals surface area contributed by atoms with E-state index >= 15 is 0 Å². The minimum absolute atomic E-state index is 0.0154. The Kier molecular flexibility index (Phi) is 4.94. The molecule has 0 aliphatic carbocycles. The molecule has 0 bridgehead atoms. The van der Waals surface area contributed by atoms with Gasteiger partial charge in [-0.2, -0.15) is 0 Å². The first kappa shape index (κ1) is 15.6. The molecule has 1 amide bonds. The molecule has 1 aliphatic rings. The van der Waals surface area contributed by atoms with Crippen LogP contribution in [-0.2, 0) is 11.2 Å². The number of amides is 1. The molecule has 1 N–H and O–H groups in total. The molecule has 118 valence electrons.